The van der Waals surface area contributed by atoms with Gasteiger partial charge in [-0.1, -0.05) is 0 Å². The molecular formula is C10H13BrN2O3. The van der Waals surface area contributed by atoms with E-state index in [1.807, 2.05) is 6.92 Å². The Balaban J connectivity index is 2.57. The smallest absolute Gasteiger partial charge is 0.270 e. The van der Waals surface area contributed by atoms with E-state index in [4.69, 9.17) is 4.74 Å². The topological polar surface area (TPSA) is 64.4 Å². The van der Waals surface area contributed by atoms with Crippen LogP contribution in [-0.4, -0.2) is 24.7 Å². The average Bonchev–Trinajstić information content (AvgIpc) is 2.26. The van der Waals surface area contributed by atoms with Gasteiger partial charge in [0.1, 0.15) is 0 Å². The standard InChI is InChI=1S/C10H13BrN2O3/c1-2-16-6-5-12-10-4-3-8(13(14)15)7-9(10)11/h3-4,7,12H,2,5-6H2,1H3. The Morgan fingerprint density at radius 3 is 2.88 bits per heavy atom. The lowest BCUT2D eigenvalue weighted by molar-refractivity contribution is -0.384. The van der Waals surface area contributed by atoms with E-state index in [1.54, 1.807) is 6.07 Å². The second kappa shape index (κ2) is 6.44. The summed E-state index contributed by atoms with van der Waals surface area (Å²) in [6.45, 7) is 3.90. The number of halogens is 1. The van der Waals surface area contributed by atoms with Crippen LogP contribution in [0.1, 0.15) is 6.92 Å². The van der Waals surface area contributed by atoms with Gasteiger partial charge in [0.15, 0.2) is 0 Å². The molecule has 0 atom stereocenters. The molecule has 0 unspecified atom stereocenters. The summed E-state index contributed by atoms with van der Waals surface area (Å²) in [5, 5.41) is 13.6. The monoisotopic (exact) mass is 288 g/mol. The number of anilines is 1. The van der Waals surface area contributed by atoms with Crippen LogP contribution < -0.4 is 5.32 Å². The van der Waals surface area contributed by atoms with Gasteiger partial charge in [-0.15, -0.1) is 0 Å². The molecule has 0 aromatic heterocycles. The molecule has 0 fully saturated rings. The lowest BCUT2D eigenvalue weighted by atomic mass is 10.3. The van der Waals surface area contributed by atoms with Gasteiger partial charge in [-0.25, -0.2) is 0 Å². The number of hydrogen-bond donors (Lipinski definition) is 1. The third-order valence-corrected chi connectivity index (χ3v) is 2.59. The van der Waals surface area contributed by atoms with Gasteiger partial charge in [-0.2, -0.15) is 0 Å². The van der Waals surface area contributed by atoms with Crippen molar-refractivity contribution >= 4 is 27.3 Å². The van der Waals surface area contributed by atoms with Crippen molar-refractivity contribution in [1.29, 1.82) is 0 Å². The number of rotatable bonds is 6. The minimum absolute atomic E-state index is 0.0715. The van der Waals surface area contributed by atoms with Crippen LogP contribution >= 0.6 is 15.9 Å². The first-order valence-electron chi connectivity index (χ1n) is 4.90. The van der Waals surface area contributed by atoms with Gasteiger partial charge in [-0.3, -0.25) is 10.1 Å². The predicted molar refractivity (Wildman–Crippen MR) is 65.8 cm³/mol. The fraction of sp³-hybridized carbons (Fsp3) is 0.400. The van der Waals surface area contributed by atoms with Gasteiger partial charge < -0.3 is 10.1 Å². The molecule has 0 radical (unpaired) electrons. The largest absolute Gasteiger partial charge is 0.382 e. The number of non-ortho nitro benzene ring substituents is 1. The third kappa shape index (κ3) is 3.79. The summed E-state index contributed by atoms with van der Waals surface area (Å²) in [7, 11) is 0. The van der Waals surface area contributed by atoms with Crippen LogP contribution in [0.25, 0.3) is 0 Å². The highest BCUT2D eigenvalue weighted by molar-refractivity contribution is 9.10. The van der Waals surface area contributed by atoms with Gasteiger partial charge in [0, 0.05) is 35.4 Å². The molecule has 1 aromatic rings. The SMILES string of the molecule is CCOCCNc1ccc([N+](=O)[O-])cc1Br. The lowest BCUT2D eigenvalue weighted by Crippen LogP contribution is -2.09. The fourth-order valence-corrected chi connectivity index (χ4v) is 1.67. The van der Waals surface area contributed by atoms with Crippen LogP contribution in [0.2, 0.25) is 0 Å². The van der Waals surface area contributed by atoms with E-state index >= 15 is 0 Å². The van der Waals surface area contributed by atoms with Crippen molar-refractivity contribution in [2.45, 2.75) is 6.92 Å². The molecular weight excluding hydrogens is 276 g/mol. The van der Waals surface area contributed by atoms with Crippen LogP contribution in [0, 0.1) is 10.1 Å². The van der Waals surface area contributed by atoms with Crippen LogP contribution in [0.4, 0.5) is 11.4 Å². The fourth-order valence-electron chi connectivity index (χ4n) is 1.16. The summed E-state index contributed by atoms with van der Waals surface area (Å²) in [5.41, 5.74) is 0.896. The van der Waals surface area contributed by atoms with Crippen LogP contribution in [0.5, 0.6) is 0 Å². The Hall–Kier alpha value is -1.14. The molecule has 1 rings (SSSR count). The van der Waals surface area contributed by atoms with Gasteiger partial charge >= 0.3 is 0 Å². The first-order chi connectivity index (χ1) is 7.65. The maximum Gasteiger partial charge on any atom is 0.270 e. The van der Waals surface area contributed by atoms with Crippen molar-refractivity contribution < 1.29 is 9.66 Å². The number of nitrogens with one attached hydrogen (secondary N) is 1. The Bertz CT molecular complexity index is 371. The minimum Gasteiger partial charge on any atom is -0.382 e. The molecule has 16 heavy (non-hydrogen) atoms. The van der Waals surface area contributed by atoms with E-state index in [1.165, 1.54) is 12.1 Å². The number of hydrogen-bond acceptors (Lipinski definition) is 4. The van der Waals surface area contributed by atoms with Crippen molar-refractivity contribution in [3.8, 4) is 0 Å². The van der Waals surface area contributed by atoms with Gasteiger partial charge in [0.25, 0.3) is 5.69 Å². The van der Waals surface area contributed by atoms with Gasteiger partial charge in [-0.05, 0) is 28.9 Å². The number of nitro groups is 1. The molecule has 0 aliphatic heterocycles. The third-order valence-electron chi connectivity index (χ3n) is 1.93. The molecule has 0 amide bonds. The van der Waals surface area contributed by atoms with E-state index in [9.17, 15) is 10.1 Å². The van der Waals surface area contributed by atoms with Crippen molar-refractivity contribution in [1.82, 2.24) is 0 Å². The van der Waals surface area contributed by atoms with Crippen molar-refractivity contribution in [3.05, 3.63) is 32.8 Å². The maximum atomic E-state index is 10.5. The van der Waals surface area contributed by atoms with Gasteiger partial charge in [0.05, 0.1) is 11.5 Å². The molecule has 0 spiro atoms. The first kappa shape index (κ1) is 12.9. The number of nitrogens with zero attached hydrogens (tertiary/aromatic N) is 1. The van der Waals surface area contributed by atoms with Crippen LogP contribution in [0.15, 0.2) is 22.7 Å². The molecule has 6 heteroatoms. The van der Waals surface area contributed by atoms with Crippen LogP contribution in [-0.2, 0) is 4.74 Å². The molecule has 88 valence electrons. The lowest BCUT2D eigenvalue weighted by Gasteiger charge is -2.08. The summed E-state index contributed by atoms with van der Waals surface area (Å²) in [4.78, 5) is 10.1. The Morgan fingerprint density at radius 1 is 1.56 bits per heavy atom. The summed E-state index contributed by atoms with van der Waals surface area (Å²) in [6, 6.07) is 4.62. The molecule has 5 nitrogen and oxygen atoms in total. The number of nitro benzene ring substituents is 1. The van der Waals surface area contributed by atoms with Crippen LogP contribution in [0.3, 0.4) is 0 Å². The highest BCUT2D eigenvalue weighted by atomic mass is 79.9. The number of benzene rings is 1. The normalized spacial score (nSPS) is 10.1. The zero-order valence-corrected chi connectivity index (χ0v) is 10.5. The molecule has 0 heterocycles. The Labute approximate surface area is 102 Å². The minimum atomic E-state index is -0.422. The Kier molecular flexibility index (Phi) is 5.21. The second-order valence-corrected chi connectivity index (χ2v) is 3.90. The van der Waals surface area contributed by atoms with Crippen molar-refractivity contribution in [3.63, 3.8) is 0 Å². The molecule has 0 aliphatic carbocycles. The zero-order valence-electron chi connectivity index (χ0n) is 8.90. The summed E-state index contributed by atoms with van der Waals surface area (Å²) >= 11 is 3.28. The predicted octanol–water partition coefficient (Wildman–Crippen LogP) is 2.81. The highest BCUT2D eigenvalue weighted by Gasteiger charge is 2.08. The molecule has 0 aliphatic rings. The molecule has 1 aromatic carbocycles. The zero-order chi connectivity index (χ0) is 12.0. The van der Waals surface area contributed by atoms with Gasteiger partial charge in [0.2, 0.25) is 0 Å². The molecule has 0 saturated heterocycles. The van der Waals surface area contributed by atoms with E-state index in [-0.39, 0.29) is 5.69 Å². The highest BCUT2D eigenvalue weighted by Crippen LogP contribution is 2.26. The molecule has 0 saturated carbocycles. The summed E-state index contributed by atoms with van der Waals surface area (Å²) in [5.74, 6) is 0. The van der Waals surface area contributed by atoms with Crippen molar-refractivity contribution in [2.75, 3.05) is 25.1 Å². The maximum absolute atomic E-state index is 10.5. The Morgan fingerprint density at radius 2 is 2.31 bits per heavy atom. The first-order valence-corrected chi connectivity index (χ1v) is 5.70. The summed E-state index contributed by atoms with van der Waals surface area (Å²) < 4.78 is 5.85. The van der Waals surface area contributed by atoms with Crippen molar-refractivity contribution in [2.24, 2.45) is 0 Å². The second-order valence-electron chi connectivity index (χ2n) is 3.04. The quantitative estimate of drug-likeness (QED) is 0.497. The number of ether oxygens (including phenoxy) is 1. The average molecular weight is 289 g/mol. The van der Waals surface area contributed by atoms with E-state index < -0.39 is 4.92 Å². The van der Waals surface area contributed by atoms with E-state index in [2.05, 4.69) is 21.2 Å². The van der Waals surface area contributed by atoms with E-state index in [0.717, 1.165) is 5.69 Å². The summed E-state index contributed by atoms with van der Waals surface area (Å²) in [6.07, 6.45) is 0. The van der Waals surface area contributed by atoms with E-state index in [0.29, 0.717) is 24.2 Å². The molecule has 1 N–H and O–H groups in total. The molecule has 0 bridgehead atoms.